The predicted molar refractivity (Wildman–Crippen MR) is 65.4 cm³/mol. The van der Waals surface area contributed by atoms with Crippen molar-refractivity contribution in [2.24, 2.45) is 11.8 Å². The average Bonchev–Trinajstić information content (AvgIpc) is 2.16. The van der Waals surface area contributed by atoms with E-state index in [1.807, 2.05) is 0 Å². The number of phosphoric acid groups is 1. The minimum absolute atomic E-state index is 0.407. The van der Waals surface area contributed by atoms with Gasteiger partial charge in [-0.3, -0.25) is 13.6 Å². The molecule has 0 aliphatic carbocycles. The molecule has 0 radical (unpaired) electrons. The third kappa shape index (κ3) is 8.28. The van der Waals surface area contributed by atoms with Crippen LogP contribution in [-0.4, -0.2) is 20.3 Å². The van der Waals surface area contributed by atoms with Crippen LogP contribution in [0.15, 0.2) is 0 Å². The molecular weight excluding hydrogens is 227 g/mol. The zero-order chi connectivity index (χ0) is 12.6. The van der Waals surface area contributed by atoms with E-state index in [0.29, 0.717) is 25.0 Å². The van der Waals surface area contributed by atoms with E-state index in [4.69, 9.17) is 13.6 Å². The summed E-state index contributed by atoms with van der Waals surface area (Å²) in [5, 5.41) is 0. The Morgan fingerprint density at radius 1 is 0.938 bits per heavy atom. The molecule has 0 aromatic rings. The predicted octanol–water partition coefficient (Wildman–Crippen LogP) is 3.87. The van der Waals surface area contributed by atoms with Gasteiger partial charge in [-0.2, -0.15) is 0 Å². The number of hydrogen-bond donors (Lipinski definition) is 0. The Hall–Kier alpha value is 0.110. The van der Waals surface area contributed by atoms with Crippen LogP contribution >= 0.6 is 7.82 Å². The first kappa shape index (κ1) is 16.1. The first-order valence-corrected chi connectivity index (χ1v) is 7.30. The van der Waals surface area contributed by atoms with E-state index in [-0.39, 0.29) is 0 Å². The number of rotatable bonds is 9. The summed E-state index contributed by atoms with van der Waals surface area (Å²) in [7, 11) is -1.96. The largest absolute Gasteiger partial charge is 0.474 e. The van der Waals surface area contributed by atoms with Crippen LogP contribution in [0.25, 0.3) is 0 Å². The molecule has 0 aromatic heterocycles. The second-order valence-corrected chi connectivity index (χ2v) is 6.44. The monoisotopic (exact) mass is 252 g/mol. The molecule has 0 fully saturated rings. The molecule has 0 amide bonds. The Bertz CT molecular complexity index is 198. The summed E-state index contributed by atoms with van der Waals surface area (Å²) in [6.07, 6.45) is 1.70. The highest BCUT2D eigenvalue weighted by Crippen LogP contribution is 2.48. The van der Waals surface area contributed by atoms with E-state index in [2.05, 4.69) is 27.7 Å². The maximum Gasteiger partial charge on any atom is 0.474 e. The second-order valence-electron chi connectivity index (χ2n) is 4.66. The molecule has 0 bridgehead atoms. The van der Waals surface area contributed by atoms with E-state index < -0.39 is 7.82 Å². The summed E-state index contributed by atoms with van der Waals surface area (Å²) in [6.45, 7) is 9.15. The molecule has 5 heteroatoms. The number of phosphoric ester groups is 1. The quantitative estimate of drug-likeness (QED) is 0.584. The molecule has 0 aliphatic rings. The van der Waals surface area contributed by atoms with Gasteiger partial charge in [-0.15, -0.1) is 0 Å². The van der Waals surface area contributed by atoms with Gasteiger partial charge < -0.3 is 0 Å². The van der Waals surface area contributed by atoms with Crippen molar-refractivity contribution in [1.29, 1.82) is 0 Å². The van der Waals surface area contributed by atoms with Crippen molar-refractivity contribution in [3.63, 3.8) is 0 Å². The Labute approximate surface area is 99.3 Å². The molecule has 0 atom stereocenters. The van der Waals surface area contributed by atoms with E-state index in [9.17, 15) is 4.57 Å². The Kier molecular flexibility index (Phi) is 8.29. The molecule has 0 heterocycles. The molecule has 98 valence electrons. The minimum Gasteiger partial charge on any atom is -0.290 e. The van der Waals surface area contributed by atoms with Gasteiger partial charge >= 0.3 is 7.82 Å². The van der Waals surface area contributed by atoms with Crippen molar-refractivity contribution < 1.29 is 18.1 Å². The van der Waals surface area contributed by atoms with E-state index >= 15 is 0 Å². The molecular formula is C11H25O4P. The second kappa shape index (κ2) is 8.24. The van der Waals surface area contributed by atoms with Crippen molar-refractivity contribution >= 4 is 7.82 Å². The maximum atomic E-state index is 11.9. The SMILES string of the molecule is COP(=O)(OCCC(C)C)OCCC(C)C. The Morgan fingerprint density at radius 3 is 1.56 bits per heavy atom. The first-order chi connectivity index (χ1) is 7.39. The molecule has 0 aliphatic heterocycles. The fourth-order valence-electron chi connectivity index (χ4n) is 0.943. The third-order valence-corrected chi connectivity index (χ3v) is 3.56. The van der Waals surface area contributed by atoms with Crippen molar-refractivity contribution in [2.75, 3.05) is 20.3 Å². The highest BCUT2D eigenvalue weighted by molar-refractivity contribution is 7.48. The summed E-state index contributed by atoms with van der Waals surface area (Å²) < 4.78 is 27.1. The smallest absolute Gasteiger partial charge is 0.290 e. The van der Waals surface area contributed by atoms with Crippen LogP contribution in [0.2, 0.25) is 0 Å². The van der Waals surface area contributed by atoms with Gasteiger partial charge in [0.15, 0.2) is 0 Å². The van der Waals surface area contributed by atoms with E-state index in [1.165, 1.54) is 7.11 Å². The highest BCUT2D eigenvalue weighted by Gasteiger charge is 2.24. The van der Waals surface area contributed by atoms with Crippen molar-refractivity contribution in [1.82, 2.24) is 0 Å². The van der Waals surface area contributed by atoms with Gasteiger partial charge in [-0.1, -0.05) is 27.7 Å². The molecule has 0 aromatic carbocycles. The van der Waals surface area contributed by atoms with Crippen LogP contribution in [-0.2, 0) is 18.1 Å². The fourth-order valence-corrected chi connectivity index (χ4v) is 1.89. The molecule has 0 spiro atoms. The van der Waals surface area contributed by atoms with Gasteiger partial charge in [-0.25, -0.2) is 4.57 Å². The fraction of sp³-hybridized carbons (Fsp3) is 1.00. The van der Waals surface area contributed by atoms with Gasteiger partial charge in [0.2, 0.25) is 0 Å². The van der Waals surface area contributed by atoms with Crippen LogP contribution in [0.4, 0.5) is 0 Å². The van der Waals surface area contributed by atoms with E-state index in [1.54, 1.807) is 0 Å². The van der Waals surface area contributed by atoms with Crippen molar-refractivity contribution in [2.45, 2.75) is 40.5 Å². The van der Waals surface area contributed by atoms with Crippen molar-refractivity contribution in [3.05, 3.63) is 0 Å². The topological polar surface area (TPSA) is 44.8 Å². The first-order valence-electron chi connectivity index (χ1n) is 5.84. The van der Waals surface area contributed by atoms with Gasteiger partial charge in [0, 0.05) is 7.11 Å². The van der Waals surface area contributed by atoms with Crippen molar-refractivity contribution in [3.8, 4) is 0 Å². The van der Waals surface area contributed by atoms with Crippen LogP contribution in [0.1, 0.15) is 40.5 Å². The molecule has 4 nitrogen and oxygen atoms in total. The lowest BCUT2D eigenvalue weighted by Crippen LogP contribution is -2.04. The minimum atomic E-state index is -3.31. The molecule has 16 heavy (non-hydrogen) atoms. The molecule has 0 saturated heterocycles. The lowest BCUT2D eigenvalue weighted by Gasteiger charge is -2.17. The third-order valence-electron chi connectivity index (χ3n) is 2.11. The summed E-state index contributed by atoms with van der Waals surface area (Å²) >= 11 is 0. The molecule has 0 unspecified atom stereocenters. The lowest BCUT2D eigenvalue weighted by molar-refractivity contribution is 0.122. The zero-order valence-corrected chi connectivity index (χ0v) is 12.0. The Balaban J connectivity index is 3.86. The van der Waals surface area contributed by atoms with Crippen LogP contribution in [0.5, 0.6) is 0 Å². The molecule has 0 saturated carbocycles. The van der Waals surface area contributed by atoms with Gasteiger partial charge in [-0.05, 0) is 24.7 Å². The van der Waals surface area contributed by atoms with Gasteiger partial charge in [0.1, 0.15) is 0 Å². The summed E-state index contributed by atoms with van der Waals surface area (Å²) in [5.74, 6) is 1.03. The lowest BCUT2D eigenvalue weighted by atomic mass is 10.2. The van der Waals surface area contributed by atoms with Crippen LogP contribution in [0.3, 0.4) is 0 Å². The molecule has 0 N–H and O–H groups in total. The van der Waals surface area contributed by atoms with Crippen LogP contribution < -0.4 is 0 Å². The number of hydrogen-bond acceptors (Lipinski definition) is 4. The average molecular weight is 252 g/mol. The normalized spacial score (nSPS) is 12.7. The van der Waals surface area contributed by atoms with Gasteiger partial charge in [0.25, 0.3) is 0 Å². The molecule has 0 rings (SSSR count). The summed E-state index contributed by atoms with van der Waals surface area (Å²) in [6, 6.07) is 0. The van der Waals surface area contributed by atoms with Crippen LogP contribution in [0, 0.1) is 11.8 Å². The summed E-state index contributed by atoms with van der Waals surface area (Å²) in [5.41, 5.74) is 0. The van der Waals surface area contributed by atoms with E-state index in [0.717, 1.165) is 12.8 Å². The van der Waals surface area contributed by atoms with Gasteiger partial charge in [0.05, 0.1) is 13.2 Å². The maximum absolute atomic E-state index is 11.9. The highest BCUT2D eigenvalue weighted by atomic mass is 31.2. The standard InChI is InChI=1S/C11H25O4P/c1-10(2)6-8-14-16(12,13-5)15-9-7-11(3)4/h10-11H,6-9H2,1-5H3. The zero-order valence-electron chi connectivity index (χ0n) is 11.1. The summed E-state index contributed by atoms with van der Waals surface area (Å²) in [4.78, 5) is 0. The Morgan fingerprint density at radius 2 is 1.31 bits per heavy atom.